The van der Waals surface area contributed by atoms with Crippen molar-refractivity contribution in [3.8, 4) is 0 Å². The first-order chi connectivity index (χ1) is 10.1. The lowest BCUT2D eigenvalue weighted by molar-refractivity contribution is 0.0934. The standard InChI is InChI=1S/C18H19NO2/c1-13-8-10-15(11-9-13)12-17(14(2)20)19-18(21)16-6-4-3-5-7-16/h3-11,17,20H,2,12H2,1H3,(H,19,21). The number of aliphatic hydroxyl groups excluding tert-OH is 1. The molecule has 2 rings (SSSR count). The Balaban J connectivity index is 2.07. The van der Waals surface area contributed by atoms with Gasteiger partial charge in [-0.3, -0.25) is 4.79 Å². The SMILES string of the molecule is C=C(O)C(Cc1ccc(C)cc1)NC(=O)c1ccccc1. The molecule has 0 heterocycles. The van der Waals surface area contributed by atoms with E-state index < -0.39 is 6.04 Å². The summed E-state index contributed by atoms with van der Waals surface area (Å²) in [5.41, 5.74) is 2.77. The van der Waals surface area contributed by atoms with Crippen LogP contribution < -0.4 is 5.32 Å². The maximum absolute atomic E-state index is 12.1. The Morgan fingerprint density at radius 1 is 1.14 bits per heavy atom. The molecule has 3 heteroatoms. The van der Waals surface area contributed by atoms with Crippen molar-refractivity contribution in [2.24, 2.45) is 0 Å². The van der Waals surface area contributed by atoms with Gasteiger partial charge in [-0.1, -0.05) is 54.6 Å². The van der Waals surface area contributed by atoms with E-state index in [9.17, 15) is 9.90 Å². The maximum Gasteiger partial charge on any atom is 0.251 e. The predicted molar refractivity (Wildman–Crippen MR) is 84.3 cm³/mol. The van der Waals surface area contributed by atoms with E-state index in [1.54, 1.807) is 24.3 Å². The summed E-state index contributed by atoms with van der Waals surface area (Å²) in [5, 5.41) is 12.5. The van der Waals surface area contributed by atoms with E-state index in [4.69, 9.17) is 0 Å². The van der Waals surface area contributed by atoms with E-state index in [1.807, 2.05) is 37.3 Å². The second kappa shape index (κ2) is 6.75. The molecule has 2 N–H and O–H groups in total. The number of carbonyl (C=O) groups is 1. The first kappa shape index (κ1) is 14.9. The van der Waals surface area contributed by atoms with Crippen LogP contribution in [0.3, 0.4) is 0 Å². The molecule has 2 aromatic carbocycles. The third-order valence-corrected chi connectivity index (χ3v) is 3.30. The molecule has 0 fully saturated rings. The number of amides is 1. The van der Waals surface area contributed by atoms with Crippen LogP contribution in [0.15, 0.2) is 66.9 Å². The molecule has 0 aliphatic rings. The summed E-state index contributed by atoms with van der Waals surface area (Å²) in [7, 11) is 0. The van der Waals surface area contributed by atoms with Crippen molar-refractivity contribution in [3.63, 3.8) is 0 Å². The Labute approximate surface area is 124 Å². The minimum atomic E-state index is -0.500. The molecule has 1 unspecified atom stereocenters. The highest BCUT2D eigenvalue weighted by Gasteiger charge is 2.16. The molecule has 0 aromatic heterocycles. The molecular weight excluding hydrogens is 262 g/mol. The van der Waals surface area contributed by atoms with E-state index in [0.717, 1.165) is 5.56 Å². The minimum absolute atomic E-state index is 0.0418. The number of carbonyl (C=O) groups excluding carboxylic acids is 1. The first-order valence-electron chi connectivity index (χ1n) is 6.85. The van der Waals surface area contributed by atoms with Gasteiger partial charge >= 0.3 is 0 Å². The van der Waals surface area contributed by atoms with Crippen LogP contribution in [0.1, 0.15) is 21.5 Å². The molecule has 0 spiro atoms. The number of rotatable bonds is 5. The molecule has 0 aliphatic heterocycles. The second-order valence-electron chi connectivity index (χ2n) is 5.07. The van der Waals surface area contributed by atoms with Crippen LogP contribution in [0.5, 0.6) is 0 Å². The van der Waals surface area contributed by atoms with Crippen LogP contribution >= 0.6 is 0 Å². The minimum Gasteiger partial charge on any atom is -0.511 e. The number of aryl methyl sites for hydroxylation is 1. The van der Waals surface area contributed by atoms with E-state index in [2.05, 4.69) is 11.9 Å². The van der Waals surface area contributed by atoms with Crippen LogP contribution in [0.4, 0.5) is 0 Å². The largest absolute Gasteiger partial charge is 0.511 e. The molecular formula is C18H19NO2. The zero-order valence-electron chi connectivity index (χ0n) is 12.0. The molecule has 2 aromatic rings. The van der Waals surface area contributed by atoms with Gasteiger partial charge in [0.2, 0.25) is 0 Å². The molecule has 0 radical (unpaired) electrons. The average Bonchev–Trinajstić information content (AvgIpc) is 2.49. The summed E-state index contributed by atoms with van der Waals surface area (Å²) >= 11 is 0. The van der Waals surface area contributed by atoms with E-state index in [0.29, 0.717) is 12.0 Å². The molecule has 1 amide bonds. The van der Waals surface area contributed by atoms with E-state index >= 15 is 0 Å². The van der Waals surface area contributed by atoms with Gasteiger partial charge in [-0.25, -0.2) is 0 Å². The molecule has 0 bridgehead atoms. The fourth-order valence-electron chi connectivity index (χ4n) is 2.04. The monoisotopic (exact) mass is 281 g/mol. The molecule has 0 saturated heterocycles. The maximum atomic E-state index is 12.1. The number of hydrogen-bond acceptors (Lipinski definition) is 2. The van der Waals surface area contributed by atoms with Gasteiger partial charge in [-0.2, -0.15) is 0 Å². The van der Waals surface area contributed by atoms with Gasteiger partial charge in [0, 0.05) is 5.56 Å². The highest BCUT2D eigenvalue weighted by Crippen LogP contribution is 2.10. The van der Waals surface area contributed by atoms with Gasteiger partial charge in [-0.15, -0.1) is 0 Å². The number of nitrogens with one attached hydrogen (secondary N) is 1. The summed E-state index contributed by atoms with van der Waals surface area (Å²) in [5.74, 6) is -0.261. The van der Waals surface area contributed by atoms with Crippen molar-refractivity contribution in [1.82, 2.24) is 5.32 Å². The second-order valence-corrected chi connectivity index (χ2v) is 5.07. The molecule has 3 nitrogen and oxygen atoms in total. The van der Waals surface area contributed by atoms with E-state index in [-0.39, 0.29) is 11.7 Å². The Morgan fingerprint density at radius 2 is 1.76 bits per heavy atom. The summed E-state index contributed by atoms with van der Waals surface area (Å²) < 4.78 is 0. The zero-order valence-corrected chi connectivity index (χ0v) is 12.0. The Kier molecular flexibility index (Phi) is 4.77. The Hall–Kier alpha value is -2.55. The third kappa shape index (κ3) is 4.21. The lowest BCUT2D eigenvalue weighted by Gasteiger charge is -2.18. The molecule has 1 atom stereocenters. The van der Waals surface area contributed by atoms with Gasteiger partial charge < -0.3 is 10.4 Å². The van der Waals surface area contributed by atoms with Crippen molar-refractivity contribution in [3.05, 3.63) is 83.6 Å². The zero-order chi connectivity index (χ0) is 15.2. The fraction of sp³-hybridized carbons (Fsp3) is 0.167. The lowest BCUT2D eigenvalue weighted by atomic mass is 10.0. The van der Waals surface area contributed by atoms with Crippen molar-refractivity contribution in [2.45, 2.75) is 19.4 Å². The highest BCUT2D eigenvalue weighted by molar-refractivity contribution is 5.94. The third-order valence-electron chi connectivity index (χ3n) is 3.30. The topological polar surface area (TPSA) is 49.3 Å². The molecule has 0 aliphatic carbocycles. The van der Waals surface area contributed by atoms with Gasteiger partial charge in [0.05, 0.1) is 6.04 Å². The fourth-order valence-corrected chi connectivity index (χ4v) is 2.04. The predicted octanol–water partition coefficient (Wildman–Crippen LogP) is 3.41. The molecule has 108 valence electrons. The summed E-state index contributed by atoms with van der Waals surface area (Å²) in [6.07, 6.45) is 0.508. The molecule has 21 heavy (non-hydrogen) atoms. The van der Waals surface area contributed by atoms with Gasteiger partial charge in [0.15, 0.2) is 0 Å². The first-order valence-corrected chi connectivity index (χ1v) is 6.85. The van der Waals surface area contributed by atoms with Crippen LogP contribution in [0, 0.1) is 6.92 Å². The quantitative estimate of drug-likeness (QED) is 0.825. The number of aliphatic hydroxyl groups is 1. The van der Waals surface area contributed by atoms with Crippen LogP contribution in [0.2, 0.25) is 0 Å². The summed E-state index contributed by atoms with van der Waals surface area (Å²) in [4.78, 5) is 12.1. The van der Waals surface area contributed by atoms with Gasteiger partial charge in [0.25, 0.3) is 5.91 Å². The van der Waals surface area contributed by atoms with Crippen molar-refractivity contribution in [2.75, 3.05) is 0 Å². The lowest BCUT2D eigenvalue weighted by Crippen LogP contribution is -2.37. The normalized spacial score (nSPS) is 11.7. The Morgan fingerprint density at radius 3 is 2.33 bits per heavy atom. The average molecular weight is 281 g/mol. The van der Waals surface area contributed by atoms with Crippen LogP contribution in [0.25, 0.3) is 0 Å². The van der Waals surface area contributed by atoms with Crippen molar-refractivity contribution < 1.29 is 9.90 Å². The highest BCUT2D eigenvalue weighted by atomic mass is 16.3. The van der Waals surface area contributed by atoms with Gasteiger partial charge in [0.1, 0.15) is 5.76 Å². The van der Waals surface area contributed by atoms with Crippen LogP contribution in [-0.4, -0.2) is 17.1 Å². The van der Waals surface area contributed by atoms with E-state index in [1.165, 1.54) is 5.56 Å². The number of hydrogen-bond donors (Lipinski definition) is 2. The Bertz CT molecular complexity index is 617. The van der Waals surface area contributed by atoms with Gasteiger partial charge in [-0.05, 0) is 31.0 Å². The number of benzene rings is 2. The van der Waals surface area contributed by atoms with Crippen molar-refractivity contribution in [1.29, 1.82) is 0 Å². The molecule has 0 saturated carbocycles. The van der Waals surface area contributed by atoms with Crippen LogP contribution in [-0.2, 0) is 6.42 Å². The summed E-state index contributed by atoms with van der Waals surface area (Å²) in [6.45, 7) is 5.57. The summed E-state index contributed by atoms with van der Waals surface area (Å²) in [6, 6.07) is 16.4. The van der Waals surface area contributed by atoms with Crippen molar-refractivity contribution >= 4 is 5.91 Å². The smallest absolute Gasteiger partial charge is 0.251 e.